The van der Waals surface area contributed by atoms with Crippen molar-refractivity contribution < 1.29 is 19.0 Å². The lowest BCUT2D eigenvalue weighted by Crippen LogP contribution is -2.25. The number of nitrogens with zero attached hydrogens (tertiary/aromatic N) is 1. The van der Waals surface area contributed by atoms with Crippen molar-refractivity contribution in [2.24, 2.45) is 0 Å². The fourth-order valence-corrected chi connectivity index (χ4v) is 3.60. The van der Waals surface area contributed by atoms with Crippen molar-refractivity contribution in [3.63, 3.8) is 0 Å². The molecule has 4 rings (SSSR count). The summed E-state index contributed by atoms with van der Waals surface area (Å²) >= 11 is 1.60. The first kappa shape index (κ1) is 19.3. The zero-order valence-electron chi connectivity index (χ0n) is 16.1. The van der Waals surface area contributed by atoms with Crippen molar-refractivity contribution in [1.29, 1.82) is 0 Å². The van der Waals surface area contributed by atoms with E-state index in [2.05, 4.69) is 10.3 Å². The Morgan fingerprint density at radius 1 is 1.14 bits per heavy atom. The first-order chi connectivity index (χ1) is 14.2. The molecule has 3 aromatic rings. The van der Waals surface area contributed by atoms with Crippen LogP contribution in [0.4, 0.5) is 0 Å². The lowest BCUT2D eigenvalue weighted by Gasteiger charge is -2.18. The smallest absolute Gasteiger partial charge is 0.251 e. The maximum atomic E-state index is 12.4. The van der Waals surface area contributed by atoms with E-state index in [-0.39, 0.29) is 5.91 Å². The fourth-order valence-electron chi connectivity index (χ4n) is 3.00. The van der Waals surface area contributed by atoms with Gasteiger partial charge in [0.2, 0.25) is 0 Å². The van der Waals surface area contributed by atoms with E-state index in [1.807, 2.05) is 30.5 Å². The van der Waals surface area contributed by atoms with E-state index >= 15 is 0 Å². The number of aromatic nitrogens is 1. The molecular formula is C22H22N2O4S. The minimum absolute atomic E-state index is 0.107. The molecule has 1 aliphatic heterocycles. The topological polar surface area (TPSA) is 69.7 Å². The number of thiazole rings is 1. The number of carbonyl (C=O) groups is 1. The maximum Gasteiger partial charge on any atom is 0.251 e. The van der Waals surface area contributed by atoms with Gasteiger partial charge in [-0.15, -0.1) is 11.3 Å². The van der Waals surface area contributed by atoms with Gasteiger partial charge in [-0.25, -0.2) is 4.98 Å². The molecule has 7 heteroatoms. The molecule has 1 aliphatic rings. The quantitative estimate of drug-likeness (QED) is 0.642. The molecule has 0 saturated heterocycles. The third kappa shape index (κ3) is 5.06. The highest BCUT2D eigenvalue weighted by Crippen LogP contribution is 2.30. The van der Waals surface area contributed by atoms with Gasteiger partial charge in [0.05, 0.1) is 10.7 Å². The largest absolute Gasteiger partial charge is 0.487 e. The van der Waals surface area contributed by atoms with Gasteiger partial charge in [-0.3, -0.25) is 4.79 Å². The van der Waals surface area contributed by atoms with Gasteiger partial charge in [-0.1, -0.05) is 6.07 Å². The lowest BCUT2D eigenvalue weighted by atomic mass is 10.1. The molecule has 0 fully saturated rings. The number of rotatable bonds is 7. The number of aryl methyl sites for hydroxylation is 1. The van der Waals surface area contributed by atoms with E-state index < -0.39 is 0 Å². The van der Waals surface area contributed by atoms with Crippen molar-refractivity contribution in [2.75, 3.05) is 19.8 Å². The molecule has 1 N–H and O–H groups in total. The van der Waals surface area contributed by atoms with Crippen molar-refractivity contribution in [3.05, 3.63) is 69.7 Å². The van der Waals surface area contributed by atoms with Crippen molar-refractivity contribution in [1.82, 2.24) is 10.3 Å². The van der Waals surface area contributed by atoms with Gasteiger partial charge in [0.25, 0.3) is 5.91 Å². The SMILES string of the molecule is Cc1nc(COc2ccc(C(=O)NCCc3ccc4c(c3)OCCO4)cc2)cs1. The zero-order valence-corrected chi connectivity index (χ0v) is 17.0. The van der Waals surface area contributed by atoms with Crippen LogP contribution in [0, 0.1) is 6.92 Å². The van der Waals surface area contributed by atoms with Crippen LogP contribution >= 0.6 is 11.3 Å². The summed E-state index contributed by atoms with van der Waals surface area (Å²) in [5.41, 5.74) is 2.60. The Hall–Kier alpha value is -3.06. The number of nitrogens with one attached hydrogen (secondary N) is 1. The number of carbonyl (C=O) groups excluding carboxylic acids is 1. The molecule has 1 amide bonds. The summed E-state index contributed by atoms with van der Waals surface area (Å²) in [4.78, 5) is 16.7. The molecule has 29 heavy (non-hydrogen) atoms. The number of hydrogen-bond acceptors (Lipinski definition) is 6. The molecule has 0 radical (unpaired) electrons. The Kier molecular flexibility index (Phi) is 5.95. The molecule has 6 nitrogen and oxygen atoms in total. The molecule has 0 saturated carbocycles. The first-order valence-corrected chi connectivity index (χ1v) is 10.4. The molecule has 2 aromatic carbocycles. The van der Waals surface area contributed by atoms with E-state index in [4.69, 9.17) is 14.2 Å². The minimum atomic E-state index is -0.107. The lowest BCUT2D eigenvalue weighted by molar-refractivity contribution is 0.0954. The number of ether oxygens (including phenoxy) is 3. The number of fused-ring (bicyclic) bond motifs is 1. The third-order valence-corrected chi connectivity index (χ3v) is 5.30. The second-order valence-electron chi connectivity index (χ2n) is 6.65. The van der Waals surface area contributed by atoms with Crippen LogP contribution in [0.5, 0.6) is 17.2 Å². The number of benzene rings is 2. The molecule has 150 valence electrons. The van der Waals surface area contributed by atoms with Crippen LogP contribution in [0.15, 0.2) is 47.8 Å². The summed E-state index contributed by atoms with van der Waals surface area (Å²) < 4.78 is 16.8. The van der Waals surface area contributed by atoms with Gasteiger partial charge in [-0.2, -0.15) is 0 Å². The average molecular weight is 410 g/mol. The van der Waals surface area contributed by atoms with E-state index in [1.54, 1.807) is 35.6 Å². The minimum Gasteiger partial charge on any atom is -0.487 e. The van der Waals surface area contributed by atoms with E-state index in [9.17, 15) is 4.79 Å². The Morgan fingerprint density at radius 2 is 1.93 bits per heavy atom. The van der Waals surface area contributed by atoms with Crippen LogP contribution in [0.2, 0.25) is 0 Å². The highest BCUT2D eigenvalue weighted by Gasteiger charge is 2.12. The Labute approximate surface area is 173 Å². The molecule has 0 spiro atoms. The zero-order chi connectivity index (χ0) is 20.1. The molecule has 0 aliphatic carbocycles. The highest BCUT2D eigenvalue weighted by molar-refractivity contribution is 7.09. The second-order valence-corrected chi connectivity index (χ2v) is 7.72. The summed E-state index contributed by atoms with van der Waals surface area (Å²) in [6.07, 6.45) is 0.719. The van der Waals surface area contributed by atoms with Crippen molar-refractivity contribution in [2.45, 2.75) is 20.0 Å². The fraction of sp³-hybridized carbons (Fsp3) is 0.273. The van der Waals surface area contributed by atoms with E-state index in [0.29, 0.717) is 37.7 Å². The summed E-state index contributed by atoms with van der Waals surface area (Å²) in [5, 5.41) is 5.95. The molecular weight excluding hydrogens is 388 g/mol. The molecule has 1 aromatic heterocycles. The van der Waals surface area contributed by atoms with Gasteiger partial charge < -0.3 is 19.5 Å². The van der Waals surface area contributed by atoms with Crippen LogP contribution in [-0.4, -0.2) is 30.6 Å². The monoisotopic (exact) mass is 410 g/mol. The van der Waals surface area contributed by atoms with Crippen LogP contribution < -0.4 is 19.5 Å². The third-order valence-electron chi connectivity index (χ3n) is 4.48. The molecule has 0 unspecified atom stereocenters. The Morgan fingerprint density at radius 3 is 2.69 bits per heavy atom. The van der Waals surface area contributed by atoms with Crippen molar-refractivity contribution in [3.8, 4) is 17.2 Å². The first-order valence-electron chi connectivity index (χ1n) is 9.48. The van der Waals surface area contributed by atoms with Crippen LogP contribution in [0.1, 0.15) is 26.6 Å². The standard InChI is InChI=1S/C22H22N2O4S/c1-15-24-18(14-29-15)13-28-19-5-3-17(4-6-19)22(25)23-9-8-16-2-7-20-21(12-16)27-11-10-26-20/h2-7,12,14H,8-11,13H2,1H3,(H,23,25). The highest BCUT2D eigenvalue weighted by atomic mass is 32.1. The van der Waals surface area contributed by atoms with Gasteiger partial charge >= 0.3 is 0 Å². The summed E-state index contributed by atoms with van der Waals surface area (Å²) in [7, 11) is 0. The summed E-state index contributed by atoms with van der Waals surface area (Å²) in [5.74, 6) is 2.15. The number of hydrogen-bond donors (Lipinski definition) is 1. The molecule has 2 heterocycles. The Bertz CT molecular complexity index is 985. The Balaban J connectivity index is 1.25. The second kappa shape index (κ2) is 8.96. The normalized spacial score (nSPS) is 12.4. The van der Waals surface area contributed by atoms with Crippen LogP contribution in [0.3, 0.4) is 0 Å². The van der Waals surface area contributed by atoms with Gasteiger partial charge in [0, 0.05) is 17.5 Å². The van der Waals surface area contributed by atoms with Gasteiger partial charge in [-0.05, 0) is 55.3 Å². The van der Waals surface area contributed by atoms with Gasteiger partial charge in [0.15, 0.2) is 11.5 Å². The van der Waals surface area contributed by atoms with Crippen molar-refractivity contribution >= 4 is 17.2 Å². The summed E-state index contributed by atoms with van der Waals surface area (Å²) in [6, 6.07) is 13.0. The van der Waals surface area contributed by atoms with Gasteiger partial charge in [0.1, 0.15) is 25.6 Å². The molecule has 0 atom stereocenters. The summed E-state index contributed by atoms with van der Waals surface area (Å²) in [6.45, 7) is 4.08. The predicted molar refractivity (Wildman–Crippen MR) is 111 cm³/mol. The maximum absolute atomic E-state index is 12.4. The molecule has 0 bridgehead atoms. The van der Waals surface area contributed by atoms with Crippen LogP contribution in [0.25, 0.3) is 0 Å². The number of amides is 1. The van der Waals surface area contributed by atoms with E-state index in [0.717, 1.165) is 34.2 Å². The van der Waals surface area contributed by atoms with E-state index in [1.165, 1.54) is 0 Å². The average Bonchev–Trinajstić information content (AvgIpc) is 3.17. The van der Waals surface area contributed by atoms with Crippen LogP contribution in [-0.2, 0) is 13.0 Å². The predicted octanol–water partition coefficient (Wildman–Crippen LogP) is 3.77.